The van der Waals surface area contributed by atoms with Crippen LogP contribution in [0.4, 0.5) is 5.69 Å². The van der Waals surface area contributed by atoms with Gasteiger partial charge in [0, 0.05) is 24.0 Å². The highest BCUT2D eigenvalue weighted by atomic mass is 16.5. The molecule has 1 aromatic carbocycles. The monoisotopic (exact) mass is 359 g/mol. The fraction of sp³-hybridized carbons (Fsp3) is 0.474. The van der Waals surface area contributed by atoms with E-state index in [0.717, 1.165) is 16.5 Å². The third kappa shape index (κ3) is 3.89. The maximum absolute atomic E-state index is 12.6. The number of esters is 1. The lowest BCUT2D eigenvalue weighted by Crippen LogP contribution is -2.48. The molecule has 0 bridgehead atoms. The molecule has 26 heavy (non-hydrogen) atoms. The number of carbonyl (C=O) groups excluding carboxylic acids is 2. The molecular weight excluding hydrogens is 334 g/mol. The van der Waals surface area contributed by atoms with Gasteiger partial charge in [0.05, 0.1) is 31.5 Å². The van der Waals surface area contributed by atoms with E-state index in [2.05, 4.69) is 15.2 Å². The smallest absolute Gasteiger partial charge is 0.356 e. The van der Waals surface area contributed by atoms with Gasteiger partial charge in [-0.15, -0.1) is 0 Å². The van der Waals surface area contributed by atoms with E-state index in [1.165, 1.54) is 7.11 Å². The van der Waals surface area contributed by atoms with Crippen LogP contribution in [0.3, 0.4) is 0 Å². The molecule has 0 spiro atoms. The van der Waals surface area contributed by atoms with Gasteiger partial charge in [0.2, 0.25) is 5.91 Å². The van der Waals surface area contributed by atoms with E-state index in [1.54, 1.807) is 0 Å². The van der Waals surface area contributed by atoms with Gasteiger partial charge >= 0.3 is 5.97 Å². The summed E-state index contributed by atoms with van der Waals surface area (Å²) in [4.78, 5) is 29.8. The molecule has 1 aromatic heterocycles. The number of carbonyl (C=O) groups is 2. The van der Waals surface area contributed by atoms with Crippen molar-refractivity contribution >= 4 is 28.5 Å². The Hall–Kier alpha value is -2.38. The average molecular weight is 359 g/mol. The van der Waals surface area contributed by atoms with Crippen molar-refractivity contribution in [2.45, 2.75) is 33.0 Å². The fourth-order valence-electron chi connectivity index (χ4n) is 3.49. The minimum Gasteiger partial charge on any atom is -0.464 e. The zero-order valence-corrected chi connectivity index (χ0v) is 15.6. The normalized spacial score (nSPS) is 20.9. The number of benzene rings is 1. The lowest BCUT2D eigenvalue weighted by molar-refractivity contribution is -0.121. The second-order valence-corrected chi connectivity index (χ2v) is 6.92. The van der Waals surface area contributed by atoms with Crippen LogP contribution in [0.5, 0.6) is 0 Å². The molecule has 7 heteroatoms. The summed E-state index contributed by atoms with van der Waals surface area (Å²) in [5, 5.41) is 3.68. The maximum Gasteiger partial charge on any atom is 0.356 e. The zero-order valence-electron chi connectivity index (χ0n) is 15.6. The average Bonchev–Trinajstić information content (AvgIpc) is 2.90. The molecule has 2 N–H and O–H groups in total. The highest BCUT2D eigenvalue weighted by Gasteiger charge is 2.25. The van der Waals surface area contributed by atoms with Gasteiger partial charge in [0.1, 0.15) is 5.69 Å². The molecule has 1 aliphatic rings. The van der Waals surface area contributed by atoms with E-state index in [-0.39, 0.29) is 30.4 Å². The Balaban J connectivity index is 1.82. The predicted octanol–water partition coefficient (Wildman–Crippen LogP) is 2.31. The summed E-state index contributed by atoms with van der Waals surface area (Å²) in [5.74, 6) is -0.680. The molecule has 2 heterocycles. The van der Waals surface area contributed by atoms with E-state index in [1.807, 2.05) is 39.0 Å². The molecule has 1 amide bonds. The first kappa shape index (κ1) is 18.4. The number of hydrogen-bond donors (Lipinski definition) is 2. The van der Waals surface area contributed by atoms with Gasteiger partial charge in [-0.25, -0.2) is 4.79 Å². The van der Waals surface area contributed by atoms with Crippen LogP contribution < -0.4 is 5.32 Å². The zero-order chi connectivity index (χ0) is 18.8. The van der Waals surface area contributed by atoms with Crippen LogP contribution in [-0.4, -0.2) is 60.7 Å². The van der Waals surface area contributed by atoms with Gasteiger partial charge in [-0.2, -0.15) is 0 Å². The summed E-state index contributed by atoms with van der Waals surface area (Å²) in [6, 6.07) is 5.77. The summed E-state index contributed by atoms with van der Waals surface area (Å²) < 4.78 is 10.5. The van der Waals surface area contributed by atoms with Crippen molar-refractivity contribution in [2.24, 2.45) is 0 Å². The van der Waals surface area contributed by atoms with Gasteiger partial charge in [-0.3, -0.25) is 9.69 Å². The third-order valence-electron chi connectivity index (χ3n) is 4.47. The largest absolute Gasteiger partial charge is 0.464 e. The highest BCUT2D eigenvalue weighted by Crippen LogP contribution is 2.29. The topological polar surface area (TPSA) is 83.7 Å². The Bertz CT molecular complexity index is 820. The molecular formula is C19H25N3O4. The summed E-state index contributed by atoms with van der Waals surface area (Å²) in [6.45, 7) is 7.62. The van der Waals surface area contributed by atoms with Crippen LogP contribution in [0.15, 0.2) is 18.2 Å². The Morgan fingerprint density at radius 2 is 2.00 bits per heavy atom. The molecule has 140 valence electrons. The van der Waals surface area contributed by atoms with Gasteiger partial charge in [0.15, 0.2) is 0 Å². The van der Waals surface area contributed by atoms with E-state index >= 15 is 0 Å². The number of fused-ring (bicyclic) bond motifs is 1. The first-order valence-corrected chi connectivity index (χ1v) is 8.75. The van der Waals surface area contributed by atoms with Crippen molar-refractivity contribution < 1.29 is 19.1 Å². The molecule has 2 aromatic rings. The number of rotatable bonds is 4. The summed E-state index contributed by atoms with van der Waals surface area (Å²) >= 11 is 0. The van der Waals surface area contributed by atoms with Crippen LogP contribution in [0, 0.1) is 6.92 Å². The molecule has 2 atom stereocenters. The van der Waals surface area contributed by atoms with E-state index < -0.39 is 5.97 Å². The van der Waals surface area contributed by atoms with Crippen LogP contribution >= 0.6 is 0 Å². The minimum absolute atomic E-state index is 0.0910. The molecule has 1 saturated heterocycles. The fourth-order valence-corrected chi connectivity index (χ4v) is 3.49. The van der Waals surface area contributed by atoms with Crippen molar-refractivity contribution in [3.8, 4) is 0 Å². The van der Waals surface area contributed by atoms with E-state index in [0.29, 0.717) is 18.8 Å². The molecule has 3 rings (SSSR count). The number of aryl methyl sites for hydroxylation is 1. The first-order chi connectivity index (χ1) is 12.4. The Kier molecular flexibility index (Phi) is 5.29. The molecule has 0 saturated carbocycles. The molecule has 1 fully saturated rings. The number of hydrogen-bond acceptors (Lipinski definition) is 5. The second-order valence-electron chi connectivity index (χ2n) is 6.92. The number of ether oxygens (including phenoxy) is 2. The van der Waals surface area contributed by atoms with Crippen molar-refractivity contribution in [3.63, 3.8) is 0 Å². The number of morpholine rings is 1. The van der Waals surface area contributed by atoms with Crippen LogP contribution in [-0.2, 0) is 14.3 Å². The Morgan fingerprint density at radius 1 is 1.31 bits per heavy atom. The number of aromatic amines is 1. The third-order valence-corrected chi connectivity index (χ3v) is 4.47. The highest BCUT2D eigenvalue weighted by molar-refractivity contribution is 6.11. The summed E-state index contributed by atoms with van der Waals surface area (Å²) in [7, 11) is 1.32. The number of H-pyrrole nitrogens is 1. The summed E-state index contributed by atoms with van der Waals surface area (Å²) in [6.07, 6.45) is 0.182. The van der Waals surface area contributed by atoms with Crippen LogP contribution in [0.2, 0.25) is 0 Å². The number of methoxy groups -OCH3 is 1. The van der Waals surface area contributed by atoms with Gasteiger partial charge in [-0.05, 0) is 32.4 Å². The number of aromatic nitrogens is 1. The molecule has 0 aliphatic carbocycles. The van der Waals surface area contributed by atoms with E-state index in [9.17, 15) is 9.59 Å². The van der Waals surface area contributed by atoms with Crippen LogP contribution in [0.25, 0.3) is 10.9 Å². The maximum atomic E-state index is 12.6. The minimum atomic E-state index is -0.511. The SMILES string of the molecule is COC(=O)c1[nH]c2cc(C)ccc2c1NC(=O)CN1C[C@H](C)O[C@@H](C)C1. The van der Waals surface area contributed by atoms with Crippen molar-refractivity contribution in [3.05, 3.63) is 29.5 Å². The van der Waals surface area contributed by atoms with Crippen molar-refractivity contribution in [1.29, 1.82) is 0 Å². The van der Waals surface area contributed by atoms with E-state index in [4.69, 9.17) is 9.47 Å². The molecule has 0 radical (unpaired) electrons. The van der Waals surface area contributed by atoms with Gasteiger partial charge < -0.3 is 19.8 Å². The number of nitrogens with one attached hydrogen (secondary N) is 2. The lowest BCUT2D eigenvalue weighted by Gasteiger charge is -2.34. The standard InChI is InChI=1S/C19H25N3O4/c1-11-5-6-14-15(7-11)20-18(19(24)25-4)17(14)21-16(23)10-22-8-12(2)26-13(3)9-22/h5-7,12-13,20H,8-10H2,1-4H3,(H,21,23)/t12-,13-/m0/s1. The number of anilines is 1. The van der Waals surface area contributed by atoms with Crippen LogP contribution in [0.1, 0.15) is 29.9 Å². The van der Waals surface area contributed by atoms with Crippen molar-refractivity contribution in [2.75, 3.05) is 32.1 Å². The predicted molar refractivity (Wildman–Crippen MR) is 99.5 cm³/mol. The quantitative estimate of drug-likeness (QED) is 0.819. The summed E-state index contributed by atoms with van der Waals surface area (Å²) in [5.41, 5.74) is 2.56. The second kappa shape index (κ2) is 7.47. The molecule has 0 unspecified atom stereocenters. The number of nitrogens with zero attached hydrogens (tertiary/aromatic N) is 1. The number of amides is 1. The Morgan fingerprint density at radius 3 is 2.65 bits per heavy atom. The van der Waals surface area contributed by atoms with Gasteiger partial charge in [-0.1, -0.05) is 12.1 Å². The molecule has 1 aliphatic heterocycles. The lowest BCUT2D eigenvalue weighted by atomic mass is 10.1. The molecule has 7 nitrogen and oxygen atoms in total. The Labute approximate surface area is 152 Å². The first-order valence-electron chi connectivity index (χ1n) is 8.75. The van der Waals surface area contributed by atoms with Gasteiger partial charge in [0.25, 0.3) is 0 Å². The van der Waals surface area contributed by atoms with Crippen molar-refractivity contribution in [1.82, 2.24) is 9.88 Å².